The van der Waals surface area contributed by atoms with Crippen LogP contribution in [0.1, 0.15) is 25.0 Å². The minimum absolute atomic E-state index is 0.147. The predicted molar refractivity (Wildman–Crippen MR) is 187 cm³/mol. The van der Waals surface area contributed by atoms with Crippen molar-refractivity contribution in [1.29, 1.82) is 0 Å². The van der Waals surface area contributed by atoms with E-state index in [1.165, 1.54) is 31.7 Å². The number of para-hydroxylation sites is 3. The van der Waals surface area contributed by atoms with Gasteiger partial charge in [0, 0.05) is 50.9 Å². The van der Waals surface area contributed by atoms with Gasteiger partial charge in [-0.1, -0.05) is 92.3 Å². The van der Waals surface area contributed by atoms with Crippen LogP contribution in [0.2, 0.25) is 0 Å². The molecular formula is C40H30N4OS. The van der Waals surface area contributed by atoms with Crippen LogP contribution < -0.4 is 4.74 Å². The van der Waals surface area contributed by atoms with E-state index in [0.29, 0.717) is 0 Å². The van der Waals surface area contributed by atoms with Crippen molar-refractivity contribution in [2.75, 3.05) is 0 Å². The van der Waals surface area contributed by atoms with Gasteiger partial charge >= 0.3 is 0 Å². The Balaban J connectivity index is 1.14. The highest BCUT2D eigenvalue weighted by Gasteiger charge is 2.35. The summed E-state index contributed by atoms with van der Waals surface area (Å²) in [5, 5.41) is 2.40. The molecule has 1 aliphatic heterocycles. The molecule has 5 nitrogen and oxygen atoms in total. The van der Waals surface area contributed by atoms with Crippen LogP contribution in [-0.2, 0) is 12.5 Å². The Kier molecular flexibility index (Phi) is 5.93. The quantitative estimate of drug-likeness (QED) is 0.198. The number of imidazole rings is 1. The van der Waals surface area contributed by atoms with Crippen LogP contribution >= 0.6 is 11.8 Å². The number of nitrogens with zero attached hydrogens (tertiary/aromatic N) is 4. The second kappa shape index (κ2) is 10.1. The van der Waals surface area contributed by atoms with Crippen LogP contribution in [0.15, 0.2) is 137 Å². The molecule has 46 heavy (non-hydrogen) atoms. The first-order chi connectivity index (χ1) is 22.5. The maximum Gasteiger partial charge on any atom is 0.146 e. The number of fused-ring (bicyclic) bond motifs is 7. The summed E-state index contributed by atoms with van der Waals surface area (Å²) >= 11 is 1.86. The van der Waals surface area contributed by atoms with Gasteiger partial charge in [-0.3, -0.25) is 4.57 Å². The Morgan fingerprint density at radius 3 is 2.33 bits per heavy atom. The molecule has 0 bridgehead atoms. The minimum atomic E-state index is -0.147. The van der Waals surface area contributed by atoms with Gasteiger partial charge in [0.05, 0.1) is 22.2 Å². The average Bonchev–Trinajstić information content (AvgIpc) is 3.60. The first-order valence-electron chi connectivity index (χ1n) is 15.5. The highest BCUT2D eigenvalue weighted by molar-refractivity contribution is 7.99. The molecule has 0 radical (unpaired) electrons. The van der Waals surface area contributed by atoms with Crippen molar-refractivity contribution in [3.05, 3.63) is 139 Å². The average molecular weight is 615 g/mol. The van der Waals surface area contributed by atoms with Crippen molar-refractivity contribution in [3.63, 3.8) is 0 Å². The molecule has 8 aromatic rings. The van der Waals surface area contributed by atoms with E-state index in [0.717, 1.165) is 50.8 Å². The number of hydrogen-bond donors (Lipinski definition) is 0. The van der Waals surface area contributed by atoms with Crippen LogP contribution in [0.25, 0.3) is 50.0 Å². The van der Waals surface area contributed by atoms with E-state index in [1.807, 2.05) is 54.2 Å². The second-order valence-electron chi connectivity index (χ2n) is 12.4. The molecule has 1 aliphatic rings. The molecule has 9 rings (SSSR count). The second-order valence-corrected chi connectivity index (χ2v) is 13.4. The third-order valence-corrected chi connectivity index (χ3v) is 10.5. The Morgan fingerprint density at radius 2 is 1.46 bits per heavy atom. The largest absolute Gasteiger partial charge is 0.457 e. The summed E-state index contributed by atoms with van der Waals surface area (Å²) in [6, 6.07) is 42.0. The van der Waals surface area contributed by atoms with E-state index >= 15 is 0 Å². The molecule has 0 fully saturated rings. The summed E-state index contributed by atoms with van der Waals surface area (Å²) in [7, 11) is 2.05. The number of ether oxygens (including phenoxy) is 1. The zero-order valence-corrected chi connectivity index (χ0v) is 26.5. The Labute approximate surface area is 271 Å². The number of aromatic nitrogens is 4. The molecule has 0 amide bonds. The van der Waals surface area contributed by atoms with Crippen molar-refractivity contribution in [2.24, 2.45) is 7.05 Å². The molecule has 0 saturated heterocycles. The third kappa shape index (κ3) is 4.03. The summed E-state index contributed by atoms with van der Waals surface area (Å²) in [6.07, 6.45) is 2.09. The van der Waals surface area contributed by atoms with Crippen LogP contribution in [0.5, 0.6) is 11.5 Å². The fourth-order valence-electron chi connectivity index (χ4n) is 6.96. The monoisotopic (exact) mass is 614 g/mol. The number of pyridine rings is 1. The number of hydrogen-bond acceptors (Lipinski definition) is 4. The van der Waals surface area contributed by atoms with Crippen LogP contribution in [0.4, 0.5) is 0 Å². The SMILES string of the molecule is Cn1c(-c2cccc(Oc3cccc(-n4c5ccccc5c5c6c(cnc54)C(C)(C)c4ccccc4S6)c3)c2)nc2ccccc21. The zero-order valence-electron chi connectivity index (χ0n) is 25.7. The molecule has 0 N–H and O–H groups in total. The normalized spacial score (nSPS) is 13.6. The maximum atomic E-state index is 6.50. The lowest BCUT2D eigenvalue weighted by Gasteiger charge is -2.34. The van der Waals surface area contributed by atoms with E-state index in [1.54, 1.807) is 0 Å². The van der Waals surface area contributed by atoms with Crippen LogP contribution in [0.3, 0.4) is 0 Å². The maximum absolute atomic E-state index is 6.50. The molecule has 0 atom stereocenters. The van der Waals surface area contributed by atoms with E-state index < -0.39 is 0 Å². The van der Waals surface area contributed by atoms with Gasteiger partial charge in [-0.05, 0) is 59.7 Å². The number of rotatable bonds is 4. The van der Waals surface area contributed by atoms with Gasteiger partial charge in [0.2, 0.25) is 0 Å². The molecule has 4 heterocycles. The van der Waals surface area contributed by atoms with Gasteiger partial charge < -0.3 is 9.30 Å². The van der Waals surface area contributed by atoms with E-state index in [-0.39, 0.29) is 5.41 Å². The van der Waals surface area contributed by atoms with E-state index in [2.05, 4.69) is 115 Å². The molecule has 0 unspecified atom stereocenters. The summed E-state index contributed by atoms with van der Waals surface area (Å²) in [4.78, 5) is 12.6. The fourth-order valence-corrected chi connectivity index (χ4v) is 8.48. The van der Waals surface area contributed by atoms with Gasteiger partial charge in [-0.2, -0.15) is 0 Å². The number of benzene rings is 5. The summed E-state index contributed by atoms with van der Waals surface area (Å²) in [5.74, 6) is 2.42. The molecule has 0 saturated carbocycles. The fraction of sp³-hybridized carbons (Fsp3) is 0.100. The Morgan fingerprint density at radius 1 is 0.717 bits per heavy atom. The molecule has 222 valence electrons. The van der Waals surface area contributed by atoms with Gasteiger partial charge in [0.1, 0.15) is 23.0 Å². The van der Waals surface area contributed by atoms with Gasteiger partial charge in [-0.25, -0.2) is 9.97 Å². The molecule has 3 aromatic heterocycles. The smallest absolute Gasteiger partial charge is 0.146 e. The lowest BCUT2D eigenvalue weighted by atomic mass is 9.78. The Hall–Kier alpha value is -5.33. The van der Waals surface area contributed by atoms with Crippen molar-refractivity contribution < 1.29 is 4.74 Å². The number of aryl methyl sites for hydroxylation is 1. The van der Waals surface area contributed by atoms with Crippen molar-refractivity contribution in [1.82, 2.24) is 19.1 Å². The zero-order chi connectivity index (χ0) is 31.0. The van der Waals surface area contributed by atoms with E-state index in [4.69, 9.17) is 14.7 Å². The molecule has 6 heteroatoms. The van der Waals surface area contributed by atoms with Crippen LogP contribution in [-0.4, -0.2) is 19.1 Å². The lowest BCUT2D eigenvalue weighted by molar-refractivity contribution is 0.482. The third-order valence-electron chi connectivity index (χ3n) is 9.27. The predicted octanol–water partition coefficient (Wildman–Crippen LogP) is 10.3. The summed E-state index contributed by atoms with van der Waals surface area (Å²) in [5.41, 5.74) is 8.63. The Bertz CT molecular complexity index is 2490. The molecular weight excluding hydrogens is 585 g/mol. The summed E-state index contributed by atoms with van der Waals surface area (Å²) in [6.45, 7) is 4.62. The minimum Gasteiger partial charge on any atom is -0.457 e. The molecule has 0 aliphatic carbocycles. The highest BCUT2D eigenvalue weighted by Crippen LogP contribution is 2.52. The van der Waals surface area contributed by atoms with Crippen molar-refractivity contribution in [3.8, 4) is 28.6 Å². The first-order valence-corrected chi connectivity index (χ1v) is 16.3. The first kappa shape index (κ1) is 27.0. The van der Waals surface area contributed by atoms with E-state index in [9.17, 15) is 0 Å². The molecule has 5 aromatic carbocycles. The topological polar surface area (TPSA) is 44.9 Å². The van der Waals surface area contributed by atoms with Gasteiger partial charge in [0.15, 0.2) is 0 Å². The van der Waals surface area contributed by atoms with Crippen molar-refractivity contribution in [2.45, 2.75) is 29.1 Å². The lowest BCUT2D eigenvalue weighted by Crippen LogP contribution is -2.24. The van der Waals surface area contributed by atoms with Crippen molar-refractivity contribution >= 4 is 44.7 Å². The van der Waals surface area contributed by atoms with Gasteiger partial charge in [-0.15, -0.1) is 0 Å². The summed E-state index contributed by atoms with van der Waals surface area (Å²) < 4.78 is 10.9. The van der Waals surface area contributed by atoms with Crippen LogP contribution in [0, 0.1) is 0 Å². The molecule has 0 spiro atoms. The standard InChI is InChI=1S/C40H30N4OS/c1-40(2)30-17-5-9-21-35(30)46-37-31(40)24-41-39-36(37)29-16-4-7-19-33(29)44(39)26-13-11-15-28(23-26)45-27-14-10-12-25(22-27)38-42-32-18-6-8-20-34(32)43(38)3/h4-24H,1-3H3. The highest BCUT2D eigenvalue weighted by atomic mass is 32.2. The van der Waals surface area contributed by atoms with Gasteiger partial charge in [0.25, 0.3) is 0 Å².